The van der Waals surface area contributed by atoms with Crippen LogP contribution in [0, 0.1) is 6.92 Å². The molecule has 0 bridgehead atoms. The molecular formula is C15H13N3O2. The van der Waals surface area contributed by atoms with Crippen molar-refractivity contribution in [3.63, 3.8) is 0 Å². The zero-order valence-corrected chi connectivity index (χ0v) is 10.9. The molecule has 0 aliphatic rings. The monoisotopic (exact) mass is 267 g/mol. The molecule has 0 spiro atoms. The topological polar surface area (TPSA) is 55.6 Å². The van der Waals surface area contributed by atoms with E-state index in [2.05, 4.69) is 10.3 Å². The molecule has 0 radical (unpaired) electrons. The van der Waals surface area contributed by atoms with E-state index in [-0.39, 0.29) is 0 Å². The molecule has 5 heteroatoms. The van der Waals surface area contributed by atoms with E-state index in [0.717, 1.165) is 5.69 Å². The number of aryl methyl sites for hydroxylation is 1. The Kier molecular flexibility index (Phi) is 3.09. The second kappa shape index (κ2) is 5.05. The van der Waals surface area contributed by atoms with Crippen LogP contribution >= 0.6 is 0 Å². The standard InChI is InChI=1S/C15H13N3O2/c1-11-10-18-9-5-8-13(14(18)16-11)20-15(19)17-12-6-3-2-4-7-12/h2-10H,1H3,(H,17,19). The maximum absolute atomic E-state index is 11.9. The van der Waals surface area contributed by atoms with Gasteiger partial charge in [0.05, 0.1) is 5.69 Å². The van der Waals surface area contributed by atoms with Crippen LogP contribution in [0.3, 0.4) is 0 Å². The number of pyridine rings is 1. The van der Waals surface area contributed by atoms with E-state index < -0.39 is 6.09 Å². The molecule has 0 aliphatic carbocycles. The fraction of sp³-hybridized carbons (Fsp3) is 0.0667. The summed E-state index contributed by atoms with van der Waals surface area (Å²) in [5.41, 5.74) is 2.17. The molecular weight excluding hydrogens is 254 g/mol. The van der Waals surface area contributed by atoms with Crippen molar-refractivity contribution in [1.29, 1.82) is 0 Å². The highest BCUT2D eigenvalue weighted by Gasteiger charge is 2.10. The lowest BCUT2D eigenvalue weighted by Gasteiger charge is -2.07. The lowest BCUT2D eigenvalue weighted by atomic mass is 10.3. The number of hydrogen-bond donors (Lipinski definition) is 1. The van der Waals surface area contributed by atoms with Crippen LogP contribution in [-0.2, 0) is 0 Å². The van der Waals surface area contributed by atoms with Crippen LogP contribution in [0.1, 0.15) is 5.69 Å². The highest BCUT2D eigenvalue weighted by molar-refractivity contribution is 5.87. The minimum atomic E-state index is -0.537. The van der Waals surface area contributed by atoms with Gasteiger partial charge in [-0.25, -0.2) is 9.78 Å². The smallest absolute Gasteiger partial charge is 0.406 e. The lowest BCUT2D eigenvalue weighted by molar-refractivity contribution is 0.215. The summed E-state index contributed by atoms with van der Waals surface area (Å²) in [4.78, 5) is 16.2. The number of hydrogen-bond acceptors (Lipinski definition) is 3. The van der Waals surface area contributed by atoms with E-state index >= 15 is 0 Å². The molecule has 0 aliphatic heterocycles. The zero-order chi connectivity index (χ0) is 13.9. The Hall–Kier alpha value is -2.82. The number of imidazole rings is 1. The molecule has 3 aromatic rings. The largest absolute Gasteiger partial charge is 0.417 e. The van der Waals surface area contributed by atoms with Crippen LogP contribution in [0.4, 0.5) is 10.5 Å². The van der Waals surface area contributed by atoms with Crippen molar-refractivity contribution < 1.29 is 9.53 Å². The molecule has 0 unspecified atom stereocenters. The second-order valence-electron chi connectivity index (χ2n) is 4.37. The summed E-state index contributed by atoms with van der Waals surface area (Å²) in [6.07, 6.45) is 3.19. The molecule has 20 heavy (non-hydrogen) atoms. The first-order chi connectivity index (χ1) is 9.72. The Morgan fingerprint density at radius 3 is 2.80 bits per heavy atom. The number of benzene rings is 1. The van der Waals surface area contributed by atoms with E-state index in [1.165, 1.54) is 0 Å². The maximum Gasteiger partial charge on any atom is 0.417 e. The van der Waals surface area contributed by atoms with Crippen LogP contribution in [0.5, 0.6) is 5.75 Å². The number of fused-ring (bicyclic) bond motifs is 1. The van der Waals surface area contributed by atoms with Crippen LogP contribution < -0.4 is 10.1 Å². The van der Waals surface area contributed by atoms with Gasteiger partial charge in [-0.2, -0.15) is 0 Å². The first-order valence-electron chi connectivity index (χ1n) is 6.20. The van der Waals surface area contributed by atoms with Gasteiger partial charge in [0.15, 0.2) is 11.4 Å². The summed E-state index contributed by atoms with van der Waals surface area (Å²) in [6.45, 7) is 1.89. The van der Waals surface area contributed by atoms with Crippen molar-refractivity contribution in [2.45, 2.75) is 6.92 Å². The number of anilines is 1. The van der Waals surface area contributed by atoms with Crippen molar-refractivity contribution in [2.24, 2.45) is 0 Å². The molecule has 2 heterocycles. The van der Waals surface area contributed by atoms with Crippen molar-refractivity contribution in [3.8, 4) is 5.75 Å². The predicted octanol–water partition coefficient (Wildman–Crippen LogP) is 3.25. The fourth-order valence-corrected chi connectivity index (χ4v) is 1.95. The number of amides is 1. The van der Waals surface area contributed by atoms with Crippen LogP contribution in [0.2, 0.25) is 0 Å². The van der Waals surface area contributed by atoms with Gasteiger partial charge in [-0.1, -0.05) is 18.2 Å². The first-order valence-corrected chi connectivity index (χ1v) is 6.20. The number of carbonyl (C=O) groups excluding carboxylic acids is 1. The number of nitrogens with one attached hydrogen (secondary N) is 1. The van der Waals surface area contributed by atoms with Gasteiger partial charge in [0.25, 0.3) is 0 Å². The first kappa shape index (κ1) is 12.2. The summed E-state index contributed by atoms with van der Waals surface area (Å²) in [5.74, 6) is 0.425. The lowest BCUT2D eigenvalue weighted by Crippen LogP contribution is -2.17. The molecule has 0 saturated carbocycles. The Bertz CT molecular complexity index is 750. The third-order valence-corrected chi connectivity index (χ3v) is 2.79. The number of rotatable bonds is 2. The van der Waals surface area contributed by atoms with E-state index in [1.807, 2.05) is 41.9 Å². The number of carbonyl (C=O) groups is 1. The number of aromatic nitrogens is 2. The molecule has 2 aromatic heterocycles. The average molecular weight is 267 g/mol. The van der Waals surface area contributed by atoms with E-state index in [0.29, 0.717) is 17.1 Å². The van der Waals surface area contributed by atoms with E-state index in [1.54, 1.807) is 24.3 Å². The summed E-state index contributed by atoms with van der Waals surface area (Å²) < 4.78 is 7.13. The summed E-state index contributed by atoms with van der Waals surface area (Å²) in [5, 5.41) is 2.66. The molecule has 1 N–H and O–H groups in total. The minimum Gasteiger partial charge on any atom is -0.406 e. The quantitative estimate of drug-likeness (QED) is 0.775. The Balaban J connectivity index is 1.81. The Morgan fingerprint density at radius 2 is 2.00 bits per heavy atom. The van der Waals surface area contributed by atoms with Gasteiger partial charge < -0.3 is 9.14 Å². The van der Waals surface area contributed by atoms with Crippen LogP contribution in [-0.4, -0.2) is 15.5 Å². The number of ether oxygens (including phenoxy) is 1. The van der Waals surface area contributed by atoms with Gasteiger partial charge >= 0.3 is 6.09 Å². The maximum atomic E-state index is 11.9. The number of para-hydroxylation sites is 1. The van der Waals surface area contributed by atoms with Gasteiger partial charge in [0, 0.05) is 18.1 Å². The third kappa shape index (κ3) is 2.47. The van der Waals surface area contributed by atoms with Gasteiger partial charge in [0.1, 0.15) is 0 Å². The minimum absolute atomic E-state index is 0.425. The highest BCUT2D eigenvalue weighted by atomic mass is 16.6. The molecule has 100 valence electrons. The molecule has 3 rings (SSSR count). The second-order valence-corrected chi connectivity index (χ2v) is 4.37. The highest BCUT2D eigenvalue weighted by Crippen LogP contribution is 2.19. The molecule has 1 amide bonds. The van der Waals surface area contributed by atoms with Crippen LogP contribution in [0.15, 0.2) is 54.9 Å². The average Bonchev–Trinajstić information content (AvgIpc) is 2.81. The van der Waals surface area contributed by atoms with Gasteiger partial charge in [-0.15, -0.1) is 0 Å². The molecule has 5 nitrogen and oxygen atoms in total. The van der Waals surface area contributed by atoms with Crippen molar-refractivity contribution in [2.75, 3.05) is 5.32 Å². The van der Waals surface area contributed by atoms with Gasteiger partial charge in [-0.3, -0.25) is 5.32 Å². The van der Waals surface area contributed by atoms with Crippen LogP contribution in [0.25, 0.3) is 5.65 Å². The fourth-order valence-electron chi connectivity index (χ4n) is 1.95. The van der Waals surface area contributed by atoms with E-state index in [4.69, 9.17) is 4.74 Å². The zero-order valence-electron chi connectivity index (χ0n) is 10.9. The summed E-state index contributed by atoms with van der Waals surface area (Å²) >= 11 is 0. The summed E-state index contributed by atoms with van der Waals surface area (Å²) in [7, 11) is 0. The Labute approximate surface area is 115 Å². The normalized spacial score (nSPS) is 10.4. The van der Waals surface area contributed by atoms with Crippen molar-refractivity contribution in [1.82, 2.24) is 9.38 Å². The molecule has 0 atom stereocenters. The predicted molar refractivity (Wildman–Crippen MR) is 76.0 cm³/mol. The Morgan fingerprint density at radius 1 is 1.20 bits per heavy atom. The number of nitrogens with zero attached hydrogens (tertiary/aromatic N) is 2. The SMILES string of the molecule is Cc1cn2cccc(OC(=O)Nc3ccccc3)c2n1. The molecule has 0 saturated heterocycles. The molecule has 1 aromatic carbocycles. The van der Waals surface area contributed by atoms with Gasteiger partial charge in [-0.05, 0) is 31.2 Å². The van der Waals surface area contributed by atoms with Gasteiger partial charge in [0.2, 0.25) is 0 Å². The summed E-state index contributed by atoms with van der Waals surface area (Å²) in [6, 6.07) is 12.7. The molecule has 0 fully saturated rings. The van der Waals surface area contributed by atoms with E-state index in [9.17, 15) is 4.79 Å². The third-order valence-electron chi connectivity index (χ3n) is 2.79. The van der Waals surface area contributed by atoms with Crippen molar-refractivity contribution in [3.05, 3.63) is 60.6 Å². The van der Waals surface area contributed by atoms with Crippen molar-refractivity contribution >= 4 is 17.4 Å².